The number of hydrogen-bond acceptors (Lipinski definition) is 6. The minimum Gasteiger partial charge on any atom is -0.503 e. The summed E-state index contributed by atoms with van der Waals surface area (Å²) in [6.45, 7) is 1.19. The lowest BCUT2D eigenvalue weighted by Gasteiger charge is -2.27. The average molecular weight is 463 g/mol. The van der Waals surface area contributed by atoms with Crippen LogP contribution in [0.3, 0.4) is 0 Å². The van der Waals surface area contributed by atoms with E-state index in [-0.39, 0.29) is 11.4 Å². The number of hydrogen-bond donors (Lipinski definition) is 1. The van der Waals surface area contributed by atoms with Gasteiger partial charge in [-0.15, -0.1) is 11.3 Å². The fourth-order valence-corrected chi connectivity index (χ4v) is 4.61. The van der Waals surface area contributed by atoms with E-state index in [9.17, 15) is 14.7 Å². The van der Waals surface area contributed by atoms with Gasteiger partial charge in [0.05, 0.1) is 16.5 Å². The third-order valence-electron chi connectivity index (χ3n) is 5.45. The van der Waals surface area contributed by atoms with Crippen molar-refractivity contribution in [3.8, 4) is 11.5 Å². The molecule has 0 saturated carbocycles. The fourth-order valence-electron chi connectivity index (χ4n) is 3.93. The van der Waals surface area contributed by atoms with Gasteiger partial charge in [0.2, 0.25) is 5.78 Å². The third-order valence-corrected chi connectivity index (χ3v) is 6.32. The number of Topliss-reactive ketones (excluding diaryl/α,β-unsaturated/α-hetero) is 1. The molecular weight excluding hydrogens is 436 g/mol. The molecule has 1 aromatic heterocycles. The molecule has 2 heterocycles. The molecule has 4 rings (SSSR count). The second-order valence-corrected chi connectivity index (χ2v) is 9.06. The number of aliphatic hydroxyl groups excluding tert-OH is 1. The molecule has 3 aromatic rings. The van der Waals surface area contributed by atoms with Crippen molar-refractivity contribution >= 4 is 23.0 Å². The number of ether oxygens (including phenoxy) is 1. The summed E-state index contributed by atoms with van der Waals surface area (Å²) in [5, 5.41) is 12.6. The van der Waals surface area contributed by atoms with Crippen LogP contribution in [0.5, 0.6) is 11.5 Å². The van der Waals surface area contributed by atoms with Crippen molar-refractivity contribution in [2.75, 3.05) is 27.2 Å². The van der Waals surface area contributed by atoms with Crippen LogP contribution in [0.25, 0.3) is 0 Å². The topological polar surface area (TPSA) is 70.1 Å². The van der Waals surface area contributed by atoms with Gasteiger partial charge in [-0.05, 0) is 68.3 Å². The van der Waals surface area contributed by atoms with Crippen molar-refractivity contribution in [2.24, 2.45) is 0 Å². The molecule has 0 saturated heterocycles. The summed E-state index contributed by atoms with van der Waals surface area (Å²) in [6.07, 6.45) is 0.712. The van der Waals surface area contributed by atoms with E-state index in [0.29, 0.717) is 34.9 Å². The van der Waals surface area contributed by atoms with Crippen LogP contribution in [0.4, 0.5) is 0 Å². The summed E-state index contributed by atoms with van der Waals surface area (Å²) in [6, 6.07) is 19.5. The number of para-hydroxylation sites is 1. The predicted molar refractivity (Wildman–Crippen MR) is 129 cm³/mol. The van der Waals surface area contributed by atoms with E-state index in [0.717, 1.165) is 6.54 Å². The van der Waals surface area contributed by atoms with E-state index in [1.807, 2.05) is 73.6 Å². The smallest absolute Gasteiger partial charge is 0.290 e. The summed E-state index contributed by atoms with van der Waals surface area (Å²) in [5.74, 6) is -0.0435. The van der Waals surface area contributed by atoms with Gasteiger partial charge in [-0.2, -0.15) is 0 Å². The molecule has 1 amide bonds. The van der Waals surface area contributed by atoms with Crippen LogP contribution in [0.15, 0.2) is 83.4 Å². The Kier molecular flexibility index (Phi) is 6.91. The molecule has 6 nitrogen and oxygen atoms in total. The second kappa shape index (κ2) is 10.0. The Hall–Kier alpha value is -3.42. The molecule has 1 N–H and O–H groups in total. The monoisotopic (exact) mass is 462 g/mol. The molecular formula is C26H26N2O4S. The minimum atomic E-state index is -0.686. The van der Waals surface area contributed by atoms with Crippen LogP contribution >= 0.6 is 11.3 Å². The number of benzene rings is 2. The average Bonchev–Trinajstić information content (AvgIpc) is 3.43. The molecule has 1 aliphatic rings. The molecule has 7 heteroatoms. The molecule has 1 atom stereocenters. The number of rotatable bonds is 9. The van der Waals surface area contributed by atoms with Gasteiger partial charge in [0.1, 0.15) is 11.5 Å². The Morgan fingerprint density at radius 2 is 1.82 bits per heavy atom. The van der Waals surface area contributed by atoms with Crippen molar-refractivity contribution in [3.63, 3.8) is 0 Å². The Labute approximate surface area is 197 Å². The maximum atomic E-state index is 13.3. The largest absolute Gasteiger partial charge is 0.503 e. The number of aliphatic hydroxyl groups is 1. The predicted octanol–water partition coefficient (Wildman–Crippen LogP) is 5.07. The lowest BCUT2D eigenvalue weighted by Crippen LogP contribution is -2.33. The molecule has 0 spiro atoms. The first kappa shape index (κ1) is 22.8. The quantitative estimate of drug-likeness (QED) is 0.450. The van der Waals surface area contributed by atoms with E-state index in [2.05, 4.69) is 0 Å². The summed E-state index contributed by atoms with van der Waals surface area (Å²) >= 11 is 1.29. The van der Waals surface area contributed by atoms with Crippen LogP contribution in [0, 0.1) is 0 Å². The van der Waals surface area contributed by atoms with Crippen molar-refractivity contribution in [3.05, 3.63) is 93.9 Å². The molecule has 170 valence electrons. The van der Waals surface area contributed by atoms with E-state index in [1.165, 1.54) is 11.3 Å². The van der Waals surface area contributed by atoms with E-state index in [4.69, 9.17) is 4.74 Å². The van der Waals surface area contributed by atoms with Gasteiger partial charge < -0.3 is 19.6 Å². The number of nitrogens with zero attached hydrogens (tertiary/aromatic N) is 2. The Morgan fingerprint density at radius 1 is 1.06 bits per heavy atom. The molecule has 0 radical (unpaired) electrons. The van der Waals surface area contributed by atoms with Gasteiger partial charge in [-0.25, -0.2) is 0 Å². The highest BCUT2D eigenvalue weighted by molar-refractivity contribution is 7.12. The highest BCUT2D eigenvalue weighted by Crippen LogP contribution is 2.40. The van der Waals surface area contributed by atoms with Gasteiger partial charge in [0.25, 0.3) is 5.91 Å². The highest BCUT2D eigenvalue weighted by Gasteiger charge is 2.43. The normalized spacial score (nSPS) is 16.0. The van der Waals surface area contributed by atoms with Gasteiger partial charge >= 0.3 is 0 Å². The Morgan fingerprint density at radius 3 is 2.52 bits per heavy atom. The minimum absolute atomic E-state index is 0.115. The highest BCUT2D eigenvalue weighted by atomic mass is 32.1. The van der Waals surface area contributed by atoms with Gasteiger partial charge in [0, 0.05) is 6.54 Å². The lowest BCUT2D eigenvalue weighted by molar-refractivity contribution is -0.129. The maximum absolute atomic E-state index is 13.3. The Balaban J connectivity index is 1.70. The maximum Gasteiger partial charge on any atom is 0.290 e. The zero-order valence-electron chi connectivity index (χ0n) is 18.6. The molecule has 1 unspecified atom stereocenters. The van der Waals surface area contributed by atoms with Crippen molar-refractivity contribution < 1.29 is 19.4 Å². The first-order valence-corrected chi connectivity index (χ1v) is 11.6. The fraction of sp³-hybridized carbons (Fsp3) is 0.231. The number of ketones is 1. The Bertz CT molecular complexity index is 1160. The van der Waals surface area contributed by atoms with Crippen molar-refractivity contribution in [1.29, 1.82) is 0 Å². The van der Waals surface area contributed by atoms with Crippen LogP contribution in [-0.4, -0.2) is 53.8 Å². The third kappa shape index (κ3) is 4.99. The summed E-state index contributed by atoms with van der Waals surface area (Å²) in [4.78, 5) is 30.5. The number of thiophene rings is 1. The number of amides is 1. The van der Waals surface area contributed by atoms with Crippen LogP contribution in [0.1, 0.15) is 27.7 Å². The van der Waals surface area contributed by atoms with Gasteiger partial charge in [-0.1, -0.05) is 36.4 Å². The first-order valence-electron chi connectivity index (χ1n) is 10.8. The summed E-state index contributed by atoms with van der Waals surface area (Å²) in [5.41, 5.74) is 0.828. The van der Waals surface area contributed by atoms with E-state index in [1.54, 1.807) is 22.4 Å². The molecule has 0 fully saturated rings. The SMILES string of the molecule is CN(C)CCCN1C(=O)C(O)=C(C(=O)c2cccs2)C1c1cccc(Oc2ccccc2)c1. The second-order valence-electron chi connectivity index (χ2n) is 8.11. The number of carbonyl (C=O) groups is 2. The summed E-state index contributed by atoms with van der Waals surface area (Å²) < 4.78 is 5.98. The van der Waals surface area contributed by atoms with Crippen LogP contribution in [-0.2, 0) is 4.79 Å². The molecule has 33 heavy (non-hydrogen) atoms. The zero-order chi connectivity index (χ0) is 23.4. The number of carbonyl (C=O) groups excluding carboxylic acids is 2. The standard InChI is InChI=1S/C26H26N2O4S/c1-27(2)14-8-15-28-23(22(25(30)26(28)31)24(29)21-13-7-16-33-21)18-9-6-12-20(17-18)32-19-10-4-3-5-11-19/h3-7,9-13,16-17,23,30H,8,14-15H2,1-2H3. The zero-order valence-corrected chi connectivity index (χ0v) is 19.4. The van der Waals surface area contributed by atoms with Crippen molar-refractivity contribution in [2.45, 2.75) is 12.5 Å². The van der Waals surface area contributed by atoms with E-state index < -0.39 is 17.7 Å². The molecule has 2 aromatic carbocycles. The van der Waals surface area contributed by atoms with Gasteiger partial charge in [0.15, 0.2) is 5.76 Å². The first-order chi connectivity index (χ1) is 16.0. The lowest BCUT2D eigenvalue weighted by atomic mass is 9.95. The molecule has 0 aliphatic carbocycles. The van der Waals surface area contributed by atoms with E-state index >= 15 is 0 Å². The van der Waals surface area contributed by atoms with Crippen LogP contribution in [0.2, 0.25) is 0 Å². The van der Waals surface area contributed by atoms with Crippen molar-refractivity contribution in [1.82, 2.24) is 9.80 Å². The molecule has 1 aliphatic heterocycles. The summed E-state index contributed by atoms with van der Waals surface area (Å²) in [7, 11) is 3.93. The van der Waals surface area contributed by atoms with Crippen LogP contribution < -0.4 is 4.74 Å². The van der Waals surface area contributed by atoms with Gasteiger partial charge in [-0.3, -0.25) is 9.59 Å². The molecule has 0 bridgehead atoms.